The van der Waals surface area contributed by atoms with Crippen LogP contribution in [0.25, 0.3) is 11.0 Å². The van der Waals surface area contributed by atoms with E-state index in [1.54, 1.807) is 0 Å². The van der Waals surface area contributed by atoms with Crippen LogP contribution in [0.2, 0.25) is 0 Å². The van der Waals surface area contributed by atoms with E-state index < -0.39 is 0 Å². The van der Waals surface area contributed by atoms with Gasteiger partial charge < -0.3 is 0 Å². The lowest BCUT2D eigenvalue weighted by atomic mass is 9.78. The van der Waals surface area contributed by atoms with Gasteiger partial charge >= 0.3 is 0 Å². The van der Waals surface area contributed by atoms with Crippen molar-refractivity contribution >= 4 is 11.0 Å². The average molecular weight is 204 g/mol. The van der Waals surface area contributed by atoms with Crippen molar-refractivity contribution in [2.45, 2.75) is 39.0 Å². The van der Waals surface area contributed by atoms with Gasteiger partial charge in [-0.1, -0.05) is 26.8 Å². The van der Waals surface area contributed by atoms with Crippen molar-refractivity contribution in [3.05, 3.63) is 23.8 Å². The Morgan fingerprint density at radius 2 is 1.80 bits per heavy atom. The molecule has 0 radical (unpaired) electrons. The molecule has 0 unspecified atom stereocenters. The summed E-state index contributed by atoms with van der Waals surface area (Å²) in [6.07, 6.45) is 2.25. The molecule has 0 aliphatic rings. The zero-order valence-corrected chi connectivity index (χ0v) is 9.45. The summed E-state index contributed by atoms with van der Waals surface area (Å²) in [4.78, 5) is 0. The largest absolute Gasteiger partial charge is 0.243 e. The fourth-order valence-electron chi connectivity index (χ4n) is 1.82. The van der Waals surface area contributed by atoms with Crippen LogP contribution >= 0.6 is 0 Å². The molecule has 1 heterocycles. The molecule has 0 atom stereocenters. The van der Waals surface area contributed by atoms with Gasteiger partial charge in [0.2, 0.25) is 0 Å². The summed E-state index contributed by atoms with van der Waals surface area (Å²) in [7, 11) is 0. The molecule has 3 heteroatoms. The highest BCUT2D eigenvalue weighted by Gasteiger charge is 2.22. The predicted octanol–water partition coefficient (Wildman–Crippen LogP) is 3.30. The first kappa shape index (κ1) is 10.1. The number of nitrogens with zero attached hydrogens (tertiary/aromatic N) is 2. The molecular formula is C12H16N2O. The van der Waals surface area contributed by atoms with Crippen LogP contribution in [-0.2, 0) is 5.41 Å². The van der Waals surface area contributed by atoms with E-state index in [4.69, 9.17) is 4.63 Å². The van der Waals surface area contributed by atoms with Gasteiger partial charge in [-0.15, -0.1) is 0 Å². The van der Waals surface area contributed by atoms with Crippen LogP contribution in [0.4, 0.5) is 0 Å². The van der Waals surface area contributed by atoms with Gasteiger partial charge in [-0.05, 0) is 46.3 Å². The number of fused-ring (bicyclic) bond motifs is 1. The fraction of sp³-hybridized carbons (Fsp3) is 0.500. The van der Waals surface area contributed by atoms with Crippen molar-refractivity contribution < 1.29 is 4.63 Å². The summed E-state index contributed by atoms with van der Waals surface area (Å²) in [5.41, 5.74) is 3.22. The first-order valence-corrected chi connectivity index (χ1v) is 5.42. The minimum atomic E-state index is 0.229. The second kappa shape index (κ2) is 3.65. The van der Waals surface area contributed by atoms with Gasteiger partial charge in [-0.2, -0.15) is 0 Å². The third kappa shape index (κ3) is 1.62. The van der Waals surface area contributed by atoms with Gasteiger partial charge in [-0.25, -0.2) is 4.63 Å². The van der Waals surface area contributed by atoms with E-state index in [0.717, 1.165) is 23.9 Å². The zero-order chi connectivity index (χ0) is 10.9. The maximum Gasteiger partial charge on any atom is 0.135 e. The van der Waals surface area contributed by atoms with Crippen LogP contribution in [0, 0.1) is 0 Å². The van der Waals surface area contributed by atoms with Crippen LogP contribution in [-0.4, -0.2) is 10.3 Å². The smallest absolute Gasteiger partial charge is 0.135 e. The van der Waals surface area contributed by atoms with E-state index in [2.05, 4.69) is 43.2 Å². The zero-order valence-electron chi connectivity index (χ0n) is 9.45. The van der Waals surface area contributed by atoms with Crippen molar-refractivity contribution in [2.24, 2.45) is 0 Å². The second-order valence-corrected chi connectivity index (χ2v) is 4.24. The van der Waals surface area contributed by atoms with Crippen LogP contribution in [0.15, 0.2) is 22.8 Å². The van der Waals surface area contributed by atoms with Crippen molar-refractivity contribution in [3.63, 3.8) is 0 Å². The number of hydrogen-bond acceptors (Lipinski definition) is 3. The van der Waals surface area contributed by atoms with Gasteiger partial charge in [0, 0.05) is 0 Å². The lowest BCUT2D eigenvalue weighted by molar-refractivity contribution is 0.315. The highest BCUT2D eigenvalue weighted by molar-refractivity contribution is 5.74. The fourth-order valence-corrected chi connectivity index (χ4v) is 1.82. The van der Waals surface area contributed by atoms with Crippen LogP contribution in [0.5, 0.6) is 0 Å². The lowest BCUT2D eigenvalue weighted by Gasteiger charge is -2.27. The maximum absolute atomic E-state index is 4.70. The quantitative estimate of drug-likeness (QED) is 0.770. The first-order chi connectivity index (χ1) is 7.19. The molecule has 1 aromatic carbocycles. The van der Waals surface area contributed by atoms with Gasteiger partial charge in [0.05, 0.1) is 0 Å². The summed E-state index contributed by atoms with van der Waals surface area (Å²) in [6, 6.07) is 6.18. The topological polar surface area (TPSA) is 38.9 Å². The van der Waals surface area contributed by atoms with E-state index >= 15 is 0 Å². The molecule has 0 fully saturated rings. The Bertz CT molecular complexity index is 457. The normalized spacial score (nSPS) is 12.2. The van der Waals surface area contributed by atoms with Crippen molar-refractivity contribution in [3.8, 4) is 0 Å². The third-order valence-corrected chi connectivity index (χ3v) is 3.51. The molecule has 0 aliphatic heterocycles. The van der Waals surface area contributed by atoms with Crippen molar-refractivity contribution in [2.75, 3.05) is 0 Å². The van der Waals surface area contributed by atoms with E-state index in [1.165, 1.54) is 5.56 Å². The van der Waals surface area contributed by atoms with Gasteiger partial charge in [0.25, 0.3) is 0 Å². The molecule has 0 aliphatic carbocycles. The van der Waals surface area contributed by atoms with Crippen molar-refractivity contribution in [1.29, 1.82) is 0 Å². The predicted molar refractivity (Wildman–Crippen MR) is 59.7 cm³/mol. The molecule has 80 valence electrons. The Morgan fingerprint density at radius 3 is 2.47 bits per heavy atom. The molecule has 1 aromatic heterocycles. The van der Waals surface area contributed by atoms with Crippen LogP contribution in [0.3, 0.4) is 0 Å². The molecule has 2 rings (SSSR count). The minimum absolute atomic E-state index is 0.229. The van der Waals surface area contributed by atoms with Crippen molar-refractivity contribution in [1.82, 2.24) is 10.3 Å². The number of hydrogen-bond donors (Lipinski definition) is 0. The highest BCUT2D eigenvalue weighted by atomic mass is 16.6. The van der Waals surface area contributed by atoms with Crippen LogP contribution < -0.4 is 0 Å². The number of aromatic nitrogens is 2. The summed E-state index contributed by atoms with van der Waals surface area (Å²) >= 11 is 0. The lowest BCUT2D eigenvalue weighted by Crippen LogP contribution is -2.19. The number of benzene rings is 1. The van der Waals surface area contributed by atoms with Crippen LogP contribution in [0.1, 0.15) is 39.2 Å². The molecule has 0 N–H and O–H groups in total. The Balaban J connectivity index is 2.51. The molecule has 2 aromatic rings. The maximum atomic E-state index is 4.70. The summed E-state index contributed by atoms with van der Waals surface area (Å²) in [5, 5.41) is 7.68. The Kier molecular flexibility index (Phi) is 2.47. The molecule has 15 heavy (non-hydrogen) atoms. The Hall–Kier alpha value is -1.38. The molecule has 0 saturated heterocycles. The third-order valence-electron chi connectivity index (χ3n) is 3.51. The number of rotatable bonds is 3. The van der Waals surface area contributed by atoms with E-state index in [-0.39, 0.29) is 5.41 Å². The van der Waals surface area contributed by atoms with E-state index in [0.29, 0.717) is 0 Å². The standard InChI is InChI=1S/C12H16N2O/c1-4-12(3,5-2)9-6-7-10-11(8-9)14-15-13-10/h6-8H,4-5H2,1-3H3. The summed E-state index contributed by atoms with van der Waals surface area (Å²) in [5.74, 6) is 0. The van der Waals surface area contributed by atoms with E-state index in [9.17, 15) is 0 Å². The molecule has 0 bridgehead atoms. The first-order valence-electron chi connectivity index (χ1n) is 5.42. The highest BCUT2D eigenvalue weighted by Crippen LogP contribution is 2.32. The Morgan fingerprint density at radius 1 is 1.13 bits per heavy atom. The molecule has 0 saturated carbocycles. The monoisotopic (exact) mass is 204 g/mol. The average Bonchev–Trinajstić information content (AvgIpc) is 2.74. The Labute approximate surface area is 89.4 Å². The molecule has 3 nitrogen and oxygen atoms in total. The molecule has 0 spiro atoms. The second-order valence-electron chi connectivity index (χ2n) is 4.24. The van der Waals surface area contributed by atoms with Gasteiger partial charge in [0.15, 0.2) is 0 Å². The summed E-state index contributed by atoms with van der Waals surface area (Å²) in [6.45, 7) is 6.71. The summed E-state index contributed by atoms with van der Waals surface area (Å²) < 4.78 is 4.70. The SMILES string of the molecule is CCC(C)(CC)c1ccc2nonc2c1. The molecular weight excluding hydrogens is 188 g/mol. The van der Waals surface area contributed by atoms with Gasteiger partial charge in [0.1, 0.15) is 11.0 Å². The molecule has 0 amide bonds. The van der Waals surface area contributed by atoms with Gasteiger partial charge in [-0.3, -0.25) is 0 Å². The van der Waals surface area contributed by atoms with E-state index in [1.807, 2.05) is 6.07 Å². The minimum Gasteiger partial charge on any atom is -0.243 e.